The SMILES string of the molecule is O=S1(=O)N=Cc2cc(C(F)(F)F)ccc2N1. The molecule has 2 rings (SSSR count). The van der Waals surface area contributed by atoms with Gasteiger partial charge in [-0.05, 0) is 18.2 Å². The molecule has 1 aromatic rings. The molecule has 0 bridgehead atoms. The lowest BCUT2D eigenvalue weighted by molar-refractivity contribution is -0.137. The van der Waals surface area contributed by atoms with E-state index in [0.29, 0.717) is 0 Å². The molecule has 8 heteroatoms. The van der Waals surface area contributed by atoms with Gasteiger partial charge in [0.25, 0.3) is 0 Å². The summed E-state index contributed by atoms with van der Waals surface area (Å²) in [6, 6.07) is 2.70. The molecule has 86 valence electrons. The number of benzene rings is 1. The molecule has 1 aliphatic heterocycles. The Hall–Kier alpha value is -1.57. The first-order valence-electron chi connectivity index (χ1n) is 4.07. The maximum absolute atomic E-state index is 12.3. The highest BCUT2D eigenvalue weighted by atomic mass is 32.2. The summed E-state index contributed by atoms with van der Waals surface area (Å²) < 4.78 is 64.0. The lowest BCUT2D eigenvalue weighted by Gasteiger charge is -2.14. The van der Waals surface area contributed by atoms with Crippen LogP contribution >= 0.6 is 0 Å². The Bertz CT molecular complexity index is 563. The molecule has 0 fully saturated rings. The summed E-state index contributed by atoms with van der Waals surface area (Å²) in [6.45, 7) is 0. The van der Waals surface area contributed by atoms with E-state index in [1.807, 2.05) is 4.72 Å². The van der Waals surface area contributed by atoms with Crippen molar-refractivity contribution in [1.82, 2.24) is 0 Å². The highest BCUT2D eigenvalue weighted by Crippen LogP contribution is 2.32. The highest BCUT2D eigenvalue weighted by molar-refractivity contribution is 7.91. The maximum Gasteiger partial charge on any atom is 0.416 e. The molecule has 0 spiro atoms. The van der Waals surface area contributed by atoms with Crippen molar-refractivity contribution in [3.63, 3.8) is 0 Å². The van der Waals surface area contributed by atoms with Crippen LogP contribution in [0.1, 0.15) is 11.1 Å². The normalized spacial score (nSPS) is 17.7. The van der Waals surface area contributed by atoms with Crippen LogP contribution in [0.15, 0.2) is 22.6 Å². The van der Waals surface area contributed by atoms with Crippen LogP contribution in [0.4, 0.5) is 18.9 Å². The van der Waals surface area contributed by atoms with Crippen molar-refractivity contribution in [2.45, 2.75) is 6.18 Å². The minimum Gasteiger partial charge on any atom is -0.265 e. The smallest absolute Gasteiger partial charge is 0.265 e. The third-order valence-electron chi connectivity index (χ3n) is 1.95. The van der Waals surface area contributed by atoms with Crippen molar-refractivity contribution in [3.8, 4) is 0 Å². The van der Waals surface area contributed by atoms with Gasteiger partial charge in [-0.25, -0.2) is 0 Å². The predicted molar refractivity (Wildman–Crippen MR) is 51.6 cm³/mol. The molecule has 1 aliphatic rings. The molecule has 4 nitrogen and oxygen atoms in total. The van der Waals surface area contributed by atoms with E-state index >= 15 is 0 Å². The van der Waals surface area contributed by atoms with Crippen LogP contribution in [0.5, 0.6) is 0 Å². The molecule has 16 heavy (non-hydrogen) atoms. The molecule has 0 aromatic heterocycles. The number of alkyl halides is 3. The number of nitrogens with zero attached hydrogens (tertiary/aromatic N) is 1. The third kappa shape index (κ3) is 2.01. The zero-order valence-corrected chi connectivity index (χ0v) is 8.43. The van der Waals surface area contributed by atoms with Crippen LogP contribution in [-0.4, -0.2) is 14.6 Å². The van der Waals surface area contributed by atoms with E-state index in [-0.39, 0.29) is 11.3 Å². The van der Waals surface area contributed by atoms with Gasteiger partial charge in [-0.2, -0.15) is 26.0 Å². The Labute approximate surface area is 89.0 Å². The number of hydrogen-bond donors (Lipinski definition) is 1. The number of hydrogen-bond acceptors (Lipinski definition) is 2. The number of nitrogens with one attached hydrogen (secondary N) is 1. The zero-order chi connectivity index (χ0) is 12.0. The van der Waals surface area contributed by atoms with Crippen molar-refractivity contribution < 1.29 is 21.6 Å². The summed E-state index contributed by atoms with van der Waals surface area (Å²) in [5.74, 6) is 0. The number of halogens is 3. The van der Waals surface area contributed by atoms with E-state index in [4.69, 9.17) is 0 Å². The van der Waals surface area contributed by atoms with Crippen LogP contribution in [-0.2, 0) is 16.4 Å². The standard InChI is InChI=1S/C8H5F3N2O2S/c9-8(10,11)6-1-2-7-5(3-6)4-12-16(14,15)13-7/h1-4,13H. The average molecular weight is 250 g/mol. The van der Waals surface area contributed by atoms with Crippen LogP contribution < -0.4 is 4.72 Å². The summed E-state index contributed by atoms with van der Waals surface area (Å²) in [7, 11) is -3.81. The van der Waals surface area contributed by atoms with Gasteiger partial charge in [-0.1, -0.05) is 0 Å². The monoisotopic (exact) mass is 250 g/mol. The quantitative estimate of drug-likeness (QED) is 0.763. The van der Waals surface area contributed by atoms with Gasteiger partial charge in [-0.15, -0.1) is 0 Å². The second-order valence-corrected chi connectivity index (χ2v) is 4.48. The second kappa shape index (κ2) is 3.21. The largest absolute Gasteiger partial charge is 0.416 e. The summed E-state index contributed by atoms with van der Waals surface area (Å²) in [5.41, 5.74) is -0.675. The van der Waals surface area contributed by atoms with E-state index < -0.39 is 21.9 Å². The Balaban J connectivity index is 2.51. The summed E-state index contributed by atoms with van der Waals surface area (Å²) in [4.78, 5) is 0. The first-order valence-corrected chi connectivity index (χ1v) is 5.51. The van der Waals surface area contributed by atoms with Gasteiger partial charge in [0.2, 0.25) is 0 Å². The lowest BCUT2D eigenvalue weighted by atomic mass is 10.1. The molecule has 0 radical (unpaired) electrons. The van der Waals surface area contributed by atoms with Gasteiger partial charge < -0.3 is 0 Å². The van der Waals surface area contributed by atoms with Crippen LogP contribution in [0, 0.1) is 0 Å². The third-order valence-corrected chi connectivity index (χ3v) is 2.81. The first kappa shape index (κ1) is 10.9. The fourth-order valence-electron chi connectivity index (χ4n) is 1.23. The molecule has 1 aromatic carbocycles. The zero-order valence-electron chi connectivity index (χ0n) is 7.62. The minimum absolute atomic E-state index is 0.0861. The molecular formula is C8H5F3N2O2S. The van der Waals surface area contributed by atoms with E-state index in [1.54, 1.807) is 0 Å². The summed E-state index contributed by atoms with van der Waals surface area (Å²) in [6.07, 6.45) is -3.57. The van der Waals surface area contributed by atoms with Gasteiger partial charge in [0.15, 0.2) is 0 Å². The fourth-order valence-corrected chi connectivity index (χ4v) is 2.00. The Kier molecular flexibility index (Phi) is 2.19. The molecule has 1 heterocycles. The molecule has 0 unspecified atom stereocenters. The molecule has 0 amide bonds. The van der Waals surface area contributed by atoms with Gasteiger partial charge >= 0.3 is 16.4 Å². The lowest BCUT2D eigenvalue weighted by Crippen LogP contribution is -2.16. The molecule has 0 saturated carbocycles. The topological polar surface area (TPSA) is 58.5 Å². The molecular weight excluding hydrogens is 245 g/mol. The molecule has 0 aliphatic carbocycles. The summed E-state index contributed by atoms with van der Waals surface area (Å²) in [5, 5.41) is 0. The van der Waals surface area contributed by atoms with Gasteiger partial charge in [0.05, 0.1) is 17.5 Å². The van der Waals surface area contributed by atoms with Crippen molar-refractivity contribution in [2.75, 3.05) is 4.72 Å². The summed E-state index contributed by atoms with van der Waals surface area (Å²) >= 11 is 0. The predicted octanol–water partition coefficient (Wildman–Crippen LogP) is 1.79. The molecule has 0 saturated heterocycles. The maximum atomic E-state index is 12.3. The van der Waals surface area contributed by atoms with E-state index in [0.717, 1.165) is 24.4 Å². The van der Waals surface area contributed by atoms with Crippen molar-refractivity contribution in [2.24, 2.45) is 4.40 Å². The number of anilines is 1. The van der Waals surface area contributed by atoms with Gasteiger partial charge in [0.1, 0.15) is 0 Å². The van der Waals surface area contributed by atoms with Gasteiger partial charge in [0, 0.05) is 5.56 Å². The Morgan fingerprint density at radius 2 is 1.94 bits per heavy atom. The van der Waals surface area contributed by atoms with E-state index in [9.17, 15) is 21.6 Å². The van der Waals surface area contributed by atoms with Crippen LogP contribution in [0.2, 0.25) is 0 Å². The van der Waals surface area contributed by atoms with Crippen molar-refractivity contribution >= 4 is 22.1 Å². The highest BCUT2D eigenvalue weighted by Gasteiger charge is 2.31. The van der Waals surface area contributed by atoms with Crippen LogP contribution in [0.3, 0.4) is 0 Å². The average Bonchev–Trinajstić information content (AvgIpc) is 2.14. The van der Waals surface area contributed by atoms with Crippen molar-refractivity contribution in [1.29, 1.82) is 0 Å². The molecule has 0 atom stereocenters. The van der Waals surface area contributed by atoms with E-state index in [2.05, 4.69) is 4.40 Å². The molecule has 1 N–H and O–H groups in total. The Morgan fingerprint density at radius 3 is 2.56 bits per heavy atom. The van der Waals surface area contributed by atoms with Gasteiger partial charge in [-0.3, -0.25) is 4.72 Å². The number of fused-ring (bicyclic) bond motifs is 1. The Morgan fingerprint density at radius 1 is 1.25 bits per heavy atom. The van der Waals surface area contributed by atoms with Crippen LogP contribution in [0.25, 0.3) is 0 Å². The number of rotatable bonds is 0. The minimum atomic E-state index is -4.46. The first-order chi connectivity index (χ1) is 7.28. The van der Waals surface area contributed by atoms with Crippen molar-refractivity contribution in [3.05, 3.63) is 29.3 Å². The van der Waals surface area contributed by atoms with E-state index in [1.165, 1.54) is 0 Å². The fraction of sp³-hybridized carbons (Fsp3) is 0.125. The second-order valence-electron chi connectivity index (χ2n) is 3.11.